The number of aliphatic hydroxyl groups excluding tert-OH is 1. The second kappa shape index (κ2) is 12.6. The Labute approximate surface area is 246 Å². The fourth-order valence-electron chi connectivity index (χ4n) is 5.03. The fourth-order valence-corrected chi connectivity index (χ4v) is 5.35. The van der Waals surface area contributed by atoms with Crippen molar-refractivity contribution in [1.82, 2.24) is 14.9 Å². The third-order valence-corrected chi connectivity index (χ3v) is 7.94. The molecule has 2 heterocycles. The zero-order valence-corrected chi connectivity index (χ0v) is 24.8. The zero-order chi connectivity index (χ0) is 29.0. The number of carbonyl (C=O) groups is 1. The summed E-state index contributed by atoms with van der Waals surface area (Å²) in [6.45, 7) is 8.64. The number of hydrogen-bond donors (Lipinski definition) is 3. The number of aryl methyl sites for hydroxylation is 2. The summed E-state index contributed by atoms with van der Waals surface area (Å²) in [7, 11) is 0. The van der Waals surface area contributed by atoms with Crippen LogP contribution in [0.3, 0.4) is 0 Å². The molecule has 0 fully saturated rings. The van der Waals surface area contributed by atoms with Crippen LogP contribution in [0.4, 0.5) is 0 Å². The molecule has 4 rings (SSSR count). The maximum Gasteiger partial charge on any atom is 0.225 e. The molecule has 4 aromatic rings. The second-order valence-electron chi connectivity index (χ2n) is 11.0. The smallest absolute Gasteiger partial charge is 0.225 e. The molecule has 1 amide bonds. The summed E-state index contributed by atoms with van der Waals surface area (Å²) in [6.07, 6.45) is 2.15. The normalized spacial score (nSPS) is 13.3. The topological polar surface area (TPSA) is 93.2 Å². The number of pyridine rings is 1. The molecule has 40 heavy (non-hydrogen) atoms. The lowest BCUT2D eigenvalue weighted by molar-refractivity contribution is -0.119. The zero-order valence-electron chi connectivity index (χ0n) is 23.3. The number of nitrogens with two attached hydrogens (primary N) is 1. The Morgan fingerprint density at radius 3 is 2.33 bits per heavy atom. The molecule has 1 unspecified atom stereocenters. The number of primary amides is 1. The van der Waals surface area contributed by atoms with Gasteiger partial charge in [-0.1, -0.05) is 59.6 Å². The average molecular weight is 580 g/mol. The van der Waals surface area contributed by atoms with Crippen molar-refractivity contribution in [3.63, 3.8) is 0 Å². The van der Waals surface area contributed by atoms with Gasteiger partial charge in [-0.05, 0) is 87.6 Å². The number of aliphatic hydroxyl groups is 1. The highest BCUT2D eigenvalue weighted by molar-refractivity contribution is 6.42. The first-order valence-corrected chi connectivity index (χ1v) is 14.1. The maximum atomic E-state index is 12.4. The van der Waals surface area contributed by atoms with E-state index in [0.717, 1.165) is 39.5 Å². The number of rotatable bonds is 11. The summed E-state index contributed by atoms with van der Waals surface area (Å²) in [5.41, 5.74) is 11.3. The van der Waals surface area contributed by atoms with E-state index in [0.29, 0.717) is 29.4 Å². The largest absolute Gasteiger partial charge is 0.387 e. The number of benzene rings is 2. The quantitative estimate of drug-likeness (QED) is 0.196. The molecule has 2 atom stereocenters. The molecule has 6 nitrogen and oxygen atoms in total. The molecule has 4 N–H and O–H groups in total. The Morgan fingerprint density at radius 2 is 1.70 bits per heavy atom. The monoisotopic (exact) mass is 578 g/mol. The van der Waals surface area contributed by atoms with Crippen LogP contribution >= 0.6 is 23.2 Å². The SMILES string of the molecule is Cc1ccc(C)n1-c1ccc([C@@H](O)CNC(C)(C)Cc2cccc(C(Cc3ccc(Cl)c(Cl)c3)C(N)=O)c2)cn1. The standard InChI is InChI=1S/C32H36Cl2N4O2/c1-20-8-9-21(2)38(20)30-13-11-25(18-36-30)29(39)19-37-32(3,4)17-23-6-5-7-24(14-23)26(31(35)40)15-22-10-12-27(33)28(34)16-22/h5-14,16,18,26,29,37,39H,15,17,19H2,1-4H3,(H2,35,40)/t26?,29-/m0/s1. The molecule has 0 radical (unpaired) electrons. The molecule has 0 aliphatic heterocycles. The summed E-state index contributed by atoms with van der Waals surface area (Å²) in [5, 5.41) is 15.3. The molecule has 0 aliphatic rings. The van der Waals surface area contributed by atoms with Crippen LogP contribution in [0.15, 0.2) is 72.9 Å². The van der Waals surface area contributed by atoms with Crippen molar-refractivity contribution in [2.24, 2.45) is 5.73 Å². The minimum atomic E-state index is -0.704. The van der Waals surface area contributed by atoms with Crippen LogP contribution in [0.1, 0.15) is 59.5 Å². The van der Waals surface area contributed by atoms with Crippen molar-refractivity contribution in [3.8, 4) is 5.82 Å². The minimum Gasteiger partial charge on any atom is -0.387 e. The number of amides is 1. The molecular formula is C32H36Cl2N4O2. The van der Waals surface area contributed by atoms with Gasteiger partial charge in [0.2, 0.25) is 5.91 Å². The van der Waals surface area contributed by atoms with E-state index in [1.807, 2.05) is 56.3 Å². The molecule has 2 aromatic carbocycles. The first kappa shape index (κ1) is 29.8. The van der Waals surface area contributed by atoms with E-state index >= 15 is 0 Å². The van der Waals surface area contributed by atoms with Crippen molar-refractivity contribution < 1.29 is 9.90 Å². The number of nitrogens with one attached hydrogen (secondary N) is 1. The van der Waals surface area contributed by atoms with Gasteiger partial charge in [0.1, 0.15) is 5.82 Å². The molecule has 0 saturated carbocycles. The fraction of sp³-hybridized carbons (Fsp3) is 0.312. The minimum absolute atomic E-state index is 0.321. The van der Waals surface area contributed by atoms with E-state index in [1.165, 1.54) is 0 Å². The van der Waals surface area contributed by atoms with Crippen LogP contribution in [0.25, 0.3) is 5.82 Å². The summed E-state index contributed by atoms with van der Waals surface area (Å²) >= 11 is 12.2. The number of β-amino-alcohol motifs (C(OH)–C–C–N with tert-alkyl or cyclic N) is 1. The average Bonchev–Trinajstić information content (AvgIpc) is 3.25. The van der Waals surface area contributed by atoms with Crippen LogP contribution in [-0.2, 0) is 17.6 Å². The lowest BCUT2D eigenvalue weighted by atomic mass is 9.88. The first-order chi connectivity index (χ1) is 18.9. The van der Waals surface area contributed by atoms with Crippen LogP contribution in [0.5, 0.6) is 0 Å². The van der Waals surface area contributed by atoms with Gasteiger partial charge in [0.25, 0.3) is 0 Å². The van der Waals surface area contributed by atoms with E-state index in [1.54, 1.807) is 18.3 Å². The Morgan fingerprint density at radius 1 is 0.975 bits per heavy atom. The molecule has 8 heteroatoms. The predicted molar refractivity (Wildman–Crippen MR) is 162 cm³/mol. The lowest BCUT2D eigenvalue weighted by Gasteiger charge is -2.28. The van der Waals surface area contributed by atoms with Crippen molar-refractivity contribution in [2.75, 3.05) is 6.54 Å². The van der Waals surface area contributed by atoms with Gasteiger partial charge in [0.15, 0.2) is 0 Å². The Hall–Kier alpha value is -3.16. The number of halogens is 2. The van der Waals surface area contributed by atoms with Crippen LogP contribution in [0.2, 0.25) is 10.0 Å². The van der Waals surface area contributed by atoms with E-state index in [9.17, 15) is 9.90 Å². The summed E-state index contributed by atoms with van der Waals surface area (Å²) < 4.78 is 2.08. The number of nitrogens with zero attached hydrogens (tertiary/aromatic N) is 2. The Kier molecular flexibility index (Phi) is 9.37. The number of hydrogen-bond acceptors (Lipinski definition) is 4. The predicted octanol–water partition coefficient (Wildman–Crippen LogP) is 6.25. The molecule has 0 saturated heterocycles. The van der Waals surface area contributed by atoms with E-state index in [4.69, 9.17) is 28.9 Å². The maximum absolute atomic E-state index is 12.4. The van der Waals surface area contributed by atoms with Crippen molar-refractivity contribution in [3.05, 3.63) is 117 Å². The molecule has 0 spiro atoms. The first-order valence-electron chi connectivity index (χ1n) is 13.3. The van der Waals surface area contributed by atoms with Crippen LogP contribution in [-0.4, -0.2) is 32.6 Å². The molecular weight excluding hydrogens is 543 g/mol. The highest BCUT2D eigenvalue weighted by atomic mass is 35.5. The summed E-state index contributed by atoms with van der Waals surface area (Å²) in [4.78, 5) is 17.0. The van der Waals surface area contributed by atoms with Gasteiger partial charge in [0, 0.05) is 35.2 Å². The lowest BCUT2D eigenvalue weighted by Crippen LogP contribution is -2.43. The number of aromatic nitrogens is 2. The van der Waals surface area contributed by atoms with Crippen molar-refractivity contribution in [1.29, 1.82) is 0 Å². The van der Waals surface area contributed by atoms with Crippen molar-refractivity contribution in [2.45, 2.75) is 58.1 Å². The van der Waals surface area contributed by atoms with Gasteiger partial charge in [-0.25, -0.2) is 4.98 Å². The van der Waals surface area contributed by atoms with E-state index < -0.39 is 17.9 Å². The van der Waals surface area contributed by atoms with Gasteiger partial charge < -0.3 is 20.7 Å². The molecule has 210 valence electrons. The van der Waals surface area contributed by atoms with Crippen molar-refractivity contribution >= 4 is 29.1 Å². The summed E-state index contributed by atoms with van der Waals surface area (Å²) in [5.74, 6) is -0.0623. The molecule has 2 aromatic heterocycles. The highest BCUT2D eigenvalue weighted by Gasteiger charge is 2.23. The Balaban J connectivity index is 1.40. The van der Waals surface area contributed by atoms with Gasteiger partial charge in [0.05, 0.1) is 22.1 Å². The van der Waals surface area contributed by atoms with Gasteiger partial charge >= 0.3 is 0 Å². The van der Waals surface area contributed by atoms with Gasteiger partial charge in [-0.3, -0.25) is 4.79 Å². The summed E-state index contributed by atoms with van der Waals surface area (Å²) in [6, 6.07) is 21.3. The second-order valence-corrected chi connectivity index (χ2v) is 11.8. The molecule has 0 aliphatic carbocycles. The van der Waals surface area contributed by atoms with E-state index in [-0.39, 0.29) is 5.54 Å². The number of carbonyl (C=O) groups excluding carboxylic acids is 1. The Bertz CT molecular complexity index is 1460. The van der Waals surface area contributed by atoms with Crippen LogP contribution in [0, 0.1) is 13.8 Å². The van der Waals surface area contributed by atoms with Gasteiger partial charge in [-0.2, -0.15) is 0 Å². The third kappa shape index (κ3) is 7.32. The molecule has 0 bridgehead atoms. The van der Waals surface area contributed by atoms with Gasteiger partial charge in [-0.15, -0.1) is 0 Å². The van der Waals surface area contributed by atoms with E-state index in [2.05, 4.69) is 40.8 Å². The van der Waals surface area contributed by atoms with Crippen LogP contribution < -0.4 is 11.1 Å². The third-order valence-electron chi connectivity index (χ3n) is 7.20. The highest BCUT2D eigenvalue weighted by Crippen LogP contribution is 2.28.